The molecule has 0 saturated carbocycles. The van der Waals surface area contributed by atoms with E-state index in [1.165, 1.54) is 18.9 Å². The molecule has 1 heterocycles. The van der Waals surface area contributed by atoms with Crippen molar-refractivity contribution in [2.75, 3.05) is 19.6 Å². The third kappa shape index (κ3) is 4.44. The molecular formula is C16H24ClFN2. The Bertz CT molecular complexity index is 430. The van der Waals surface area contributed by atoms with Gasteiger partial charge in [0.15, 0.2) is 0 Å². The molecule has 20 heavy (non-hydrogen) atoms. The minimum absolute atomic E-state index is 0.220. The van der Waals surface area contributed by atoms with E-state index in [1.807, 2.05) is 6.07 Å². The molecule has 1 N–H and O–H groups in total. The molecule has 0 bridgehead atoms. The number of hydrogen-bond donors (Lipinski definition) is 1. The molecule has 2 rings (SSSR count). The SMILES string of the molecule is CC(C)CN(Cc1ccc(F)c(Cl)c1)C1CCNCC1. The molecular weight excluding hydrogens is 275 g/mol. The van der Waals surface area contributed by atoms with E-state index in [-0.39, 0.29) is 10.8 Å². The van der Waals surface area contributed by atoms with Crippen molar-refractivity contribution in [2.24, 2.45) is 5.92 Å². The molecule has 1 aromatic carbocycles. The molecule has 0 aliphatic carbocycles. The maximum Gasteiger partial charge on any atom is 0.141 e. The highest BCUT2D eigenvalue weighted by Gasteiger charge is 2.21. The quantitative estimate of drug-likeness (QED) is 0.892. The van der Waals surface area contributed by atoms with E-state index in [0.29, 0.717) is 12.0 Å². The van der Waals surface area contributed by atoms with E-state index in [1.54, 1.807) is 6.07 Å². The van der Waals surface area contributed by atoms with Crippen LogP contribution in [0.2, 0.25) is 5.02 Å². The predicted molar refractivity (Wildman–Crippen MR) is 82.5 cm³/mol. The molecule has 0 atom stereocenters. The summed E-state index contributed by atoms with van der Waals surface area (Å²) in [6.07, 6.45) is 2.36. The first kappa shape index (κ1) is 15.7. The van der Waals surface area contributed by atoms with Crippen molar-refractivity contribution in [1.82, 2.24) is 10.2 Å². The minimum Gasteiger partial charge on any atom is -0.317 e. The summed E-state index contributed by atoms with van der Waals surface area (Å²) in [5.41, 5.74) is 1.09. The van der Waals surface area contributed by atoms with Gasteiger partial charge in [0.05, 0.1) is 5.02 Å². The second kappa shape index (κ2) is 7.39. The Morgan fingerprint density at radius 1 is 1.35 bits per heavy atom. The van der Waals surface area contributed by atoms with E-state index in [9.17, 15) is 4.39 Å². The lowest BCUT2D eigenvalue weighted by molar-refractivity contribution is 0.137. The van der Waals surface area contributed by atoms with Gasteiger partial charge in [-0.1, -0.05) is 31.5 Å². The molecule has 0 spiro atoms. The van der Waals surface area contributed by atoms with E-state index in [4.69, 9.17) is 11.6 Å². The summed E-state index contributed by atoms with van der Waals surface area (Å²) in [5.74, 6) is 0.286. The Morgan fingerprint density at radius 2 is 2.05 bits per heavy atom. The molecule has 1 aliphatic rings. The first-order valence-corrected chi connectivity index (χ1v) is 7.82. The molecule has 1 fully saturated rings. The Kier molecular flexibility index (Phi) is 5.82. The molecule has 1 aromatic rings. The Labute approximate surface area is 126 Å². The topological polar surface area (TPSA) is 15.3 Å². The molecule has 2 nitrogen and oxygen atoms in total. The van der Waals surface area contributed by atoms with E-state index in [0.717, 1.165) is 31.7 Å². The number of nitrogens with zero attached hydrogens (tertiary/aromatic N) is 1. The van der Waals surface area contributed by atoms with Crippen LogP contribution in [0.3, 0.4) is 0 Å². The van der Waals surface area contributed by atoms with Crippen molar-refractivity contribution in [2.45, 2.75) is 39.3 Å². The highest BCUT2D eigenvalue weighted by molar-refractivity contribution is 6.30. The van der Waals surface area contributed by atoms with Gasteiger partial charge in [-0.2, -0.15) is 0 Å². The fraction of sp³-hybridized carbons (Fsp3) is 0.625. The molecule has 0 radical (unpaired) electrons. The van der Waals surface area contributed by atoms with Gasteiger partial charge in [0.1, 0.15) is 5.82 Å². The predicted octanol–water partition coefficient (Wildman–Crippen LogP) is 3.69. The molecule has 0 aromatic heterocycles. The smallest absolute Gasteiger partial charge is 0.141 e. The van der Waals surface area contributed by atoms with Gasteiger partial charge in [-0.3, -0.25) is 4.90 Å². The van der Waals surface area contributed by atoms with Crippen LogP contribution in [0.1, 0.15) is 32.3 Å². The summed E-state index contributed by atoms with van der Waals surface area (Å²) in [4.78, 5) is 2.52. The number of benzene rings is 1. The van der Waals surface area contributed by atoms with Crippen molar-refractivity contribution in [3.8, 4) is 0 Å². The molecule has 0 amide bonds. The van der Waals surface area contributed by atoms with Gasteiger partial charge in [0.25, 0.3) is 0 Å². The Balaban J connectivity index is 2.07. The maximum atomic E-state index is 13.2. The fourth-order valence-corrected chi connectivity index (χ4v) is 3.06. The largest absolute Gasteiger partial charge is 0.317 e. The van der Waals surface area contributed by atoms with Crippen molar-refractivity contribution < 1.29 is 4.39 Å². The summed E-state index contributed by atoms with van der Waals surface area (Å²) in [5, 5.41) is 3.63. The average Bonchev–Trinajstić information content (AvgIpc) is 2.43. The number of hydrogen-bond acceptors (Lipinski definition) is 2. The third-order valence-corrected chi connectivity index (χ3v) is 4.08. The summed E-state index contributed by atoms with van der Waals surface area (Å²) in [7, 11) is 0. The highest BCUT2D eigenvalue weighted by Crippen LogP contribution is 2.21. The van der Waals surface area contributed by atoms with Crippen LogP contribution in [-0.2, 0) is 6.54 Å². The van der Waals surface area contributed by atoms with Crippen LogP contribution in [0.4, 0.5) is 4.39 Å². The maximum absolute atomic E-state index is 13.2. The third-order valence-electron chi connectivity index (χ3n) is 3.79. The zero-order chi connectivity index (χ0) is 14.5. The fourth-order valence-electron chi connectivity index (χ4n) is 2.86. The molecule has 1 saturated heterocycles. The molecule has 4 heteroatoms. The molecule has 112 valence electrons. The first-order valence-electron chi connectivity index (χ1n) is 7.45. The van der Waals surface area contributed by atoms with Gasteiger partial charge in [0, 0.05) is 19.1 Å². The normalized spacial score (nSPS) is 17.1. The first-order chi connectivity index (χ1) is 9.56. The van der Waals surface area contributed by atoms with Crippen LogP contribution in [0.5, 0.6) is 0 Å². The van der Waals surface area contributed by atoms with E-state index < -0.39 is 0 Å². The van der Waals surface area contributed by atoms with Crippen molar-refractivity contribution in [3.63, 3.8) is 0 Å². The summed E-state index contributed by atoms with van der Waals surface area (Å²) >= 11 is 5.89. The number of piperidine rings is 1. The number of nitrogens with one attached hydrogen (secondary N) is 1. The van der Waals surface area contributed by atoms with Gasteiger partial charge in [-0.25, -0.2) is 4.39 Å². The van der Waals surface area contributed by atoms with Gasteiger partial charge in [-0.15, -0.1) is 0 Å². The van der Waals surface area contributed by atoms with Crippen LogP contribution in [0, 0.1) is 11.7 Å². The second-order valence-electron chi connectivity index (χ2n) is 6.05. The van der Waals surface area contributed by atoms with Crippen molar-refractivity contribution in [1.29, 1.82) is 0 Å². The number of rotatable bonds is 5. The zero-order valence-corrected chi connectivity index (χ0v) is 13.1. The standard InChI is InChI=1S/C16H24ClFN2/c1-12(2)10-20(14-5-7-19-8-6-14)11-13-3-4-16(18)15(17)9-13/h3-4,9,12,14,19H,5-8,10-11H2,1-2H3. The van der Waals surface area contributed by atoms with Gasteiger partial charge in [-0.05, 0) is 49.5 Å². The Hall–Kier alpha value is -0.640. The lowest BCUT2D eigenvalue weighted by Crippen LogP contribution is -2.44. The lowest BCUT2D eigenvalue weighted by Gasteiger charge is -2.36. The molecule has 0 unspecified atom stereocenters. The monoisotopic (exact) mass is 298 g/mol. The van der Waals surface area contributed by atoms with Crippen LogP contribution < -0.4 is 5.32 Å². The lowest BCUT2D eigenvalue weighted by atomic mass is 10.0. The minimum atomic E-state index is -0.340. The zero-order valence-electron chi connectivity index (χ0n) is 12.3. The summed E-state index contributed by atoms with van der Waals surface area (Å²) < 4.78 is 13.2. The van der Waals surface area contributed by atoms with Crippen molar-refractivity contribution in [3.05, 3.63) is 34.6 Å². The van der Waals surface area contributed by atoms with Gasteiger partial charge >= 0.3 is 0 Å². The van der Waals surface area contributed by atoms with E-state index >= 15 is 0 Å². The van der Waals surface area contributed by atoms with Crippen LogP contribution in [0.25, 0.3) is 0 Å². The molecule has 1 aliphatic heterocycles. The second-order valence-corrected chi connectivity index (χ2v) is 6.46. The van der Waals surface area contributed by atoms with Crippen LogP contribution >= 0.6 is 11.6 Å². The summed E-state index contributed by atoms with van der Waals surface area (Å²) in [6, 6.07) is 5.68. The summed E-state index contributed by atoms with van der Waals surface area (Å²) in [6.45, 7) is 8.58. The average molecular weight is 299 g/mol. The van der Waals surface area contributed by atoms with Crippen LogP contribution in [0.15, 0.2) is 18.2 Å². The van der Waals surface area contributed by atoms with Crippen molar-refractivity contribution >= 4 is 11.6 Å². The van der Waals surface area contributed by atoms with Gasteiger partial charge in [0.2, 0.25) is 0 Å². The van der Waals surface area contributed by atoms with Gasteiger partial charge < -0.3 is 5.32 Å². The Morgan fingerprint density at radius 3 is 2.65 bits per heavy atom. The van der Waals surface area contributed by atoms with Crippen LogP contribution in [-0.4, -0.2) is 30.6 Å². The number of halogens is 2. The van der Waals surface area contributed by atoms with E-state index in [2.05, 4.69) is 24.1 Å². The highest BCUT2D eigenvalue weighted by atomic mass is 35.5.